The third kappa shape index (κ3) is 5.03. The largest absolute Gasteiger partial charge is 0.242 e. The van der Waals surface area contributed by atoms with E-state index in [1.165, 1.54) is 0 Å². The molecule has 0 bridgehead atoms. The normalized spacial score (nSPS) is 10.0. The van der Waals surface area contributed by atoms with Gasteiger partial charge < -0.3 is 0 Å². The Labute approximate surface area is 177 Å². The Bertz CT molecular complexity index is 1210. The van der Waals surface area contributed by atoms with E-state index in [4.69, 9.17) is 29.7 Å². The topological polar surface area (TPSA) is 117 Å². The highest BCUT2D eigenvalue weighted by Gasteiger charge is 1.99. The van der Waals surface area contributed by atoms with E-state index in [1.54, 1.807) is 33.6 Å². The highest BCUT2D eigenvalue weighted by Crippen LogP contribution is 2.12. The molecule has 0 spiro atoms. The smallest absolute Gasteiger partial charge is 0.238 e. The number of nitrogens with zero attached hydrogens (tertiary/aromatic N) is 7. The van der Waals surface area contributed by atoms with Crippen molar-refractivity contribution in [2.75, 3.05) is 0 Å². The average Bonchev–Trinajstić information content (AvgIpc) is 3.31. The third-order valence-corrected chi connectivity index (χ3v) is 4.55. The van der Waals surface area contributed by atoms with E-state index in [-0.39, 0.29) is 0 Å². The maximum atomic E-state index is 8.60. The van der Waals surface area contributed by atoms with Gasteiger partial charge in [0.15, 0.2) is 0 Å². The van der Waals surface area contributed by atoms with E-state index >= 15 is 0 Å². The summed E-state index contributed by atoms with van der Waals surface area (Å²) in [5.74, 6) is 0. The fourth-order valence-electron chi connectivity index (χ4n) is 2.19. The van der Waals surface area contributed by atoms with Gasteiger partial charge in [-0.1, -0.05) is 48.7 Å². The molecule has 0 saturated heterocycles. The first-order chi connectivity index (χ1) is 13.6. The van der Waals surface area contributed by atoms with E-state index in [1.807, 2.05) is 30.3 Å². The van der Waals surface area contributed by atoms with E-state index < -0.39 is 0 Å². The summed E-state index contributed by atoms with van der Waals surface area (Å²) in [6, 6.07) is 17.0. The van der Waals surface area contributed by atoms with Crippen LogP contribution in [0, 0.1) is 20.9 Å². The van der Waals surface area contributed by atoms with Crippen LogP contribution in [0.4, 0.5) is 0 Å². The molecule has 4 aromatic rings. The van der Waals surface area contributed by atoms with Gasteiger partial charge in [0.2, 0.25) is 9.54 Å². The van der Waals surface area contributed by atoms with Gasteiger partial charge in [-0.25, -0.2) is 9.36 Å². The number of halogens is 1. The van der Waals surface area contributed by atoms with Crippen molar-refractivity contribution in [1.29, 1.82) is 5.26 Å². The minimum absolute atomic E-state index is 0.356. The molecular formula is C16H12BrN9S2. The number of nitriles is 1. The average molecular weight is 474 g/mol. The molecule has 0 amide bonds. The highest BCUT2D eigenvalue weighted by molar-refractivity contribution is 9.10. The summed E-state index contributed by atoms with van der Waals surface area (Å²) >= 11 is 13.3. The van der Waals surface area contributed by atoms with Crippen LogP contribution >= 0.6 is 40.4 Å². The molecule has 0 radical (unpaired) electrons. The first-order valence-corrected chi connectivity index (χ1v) is 9.41. The summed E-state index contributed by atoms with van der Waals surface area (Å²) in [4.78, 5) is 0. The number of benzene rings is 2. The Hall–Kier alpha value is -3.01. The van der Waals surface area contributed by atoms with Crippen LogP contribution in [0.2, 0.25) is 0 Å². The van der Waals surface area contributed by atoms with E-state index in [2.05, 4.69) is 47.0 Å². The molecule has 0 aliphatic carbocycles. The van der Waals surface area contributed by atoms with Crippen molar-refractivity contribution in [2.45, 2.75) is 6.54 Å². The minimum atomic E-state index is 0.356. The van der Waals surface area contributed by atoms with Crippen molar-refractivity contribution in [2.24, 2.45) is 0 Å². The lowest BCUT2D eigenvalue weighted by molar-refractivity contribution is 0.642. The molecule has 140 valence electrons. The van der Waals surface area contributed by atoms with Crippen molar-refractivity contribution >= 4 is 40.4 Å². The summed E-state index contributed by atoms with van der Waals surface area (Å²) in [5, 5.41) is 28.5. The van der Waals surface area contributed by atoms with Crippen molar-refractivity contribution in [1.82, 2.24) is 40.4 Å². The number of aromatic nitrogens is 8. The van der Waals surface area contributed by atoms with Crippen molar-refractivity contribution in [3.05, 3.63) is 73.7 Å². The van der Waals surface area contributed by atoms with Gasteiger partial charge in [-0.15, -0.1) is 0 Å². The maximum absolute atomic E-state index is 8.60. The zero-order chi connectivity index (χ0) is 19.9. The minimum Gasteiger partial charge on any atom is -0.238 e. The van der Waals surface area contributed by atoms with E-state index in [0.29, 0.717) is 21.7 Å². The predicted molar refractivity (Wildman–Crippen MR) is 110 cm³/mol. The molecule has 4 rings (SSSR count). The lowest BCUT2D eigenvalue weighted by atomic mass is 10.2. The van der Waals surface area contributed by atoms with Crippen LogP contribution in [-0.2, 0) is 6.54 Å². The number of aromatic amines is 2. The standard InChI is InChI=1S/C8H7BrN4S.C8H5N5S/c9-7-3-1-2-6(4-7)5-13-8(14)10-11-12-13;9-5-6-1-3-7(4-2-6)13-8(14)10-11-12-13/h1-4H,5H2,(H,10,12,14);1-4H,(H,10,12,14). The van der Waals surface area contributed by atoms with Gasteiger partial charge in [-0.2, -0.15) is 15.7 Å². The molecule has 9 nitrogen and oxygen atoms in total. The second kappa shape index (κ2) is 9.27. The number of H-pyrrole nitrogens is 2. The fraction of sp³-hybridized carbons (Fsp3) is 0.0625. The Kier molecular flexibility index (Phi) is 6.53. The molecule has 12 heteroatoms. The van der Waals surface area contributed by atoms with E-state index in [9.17, 15) is 0 Å². The monoisotopic (exact) mass is 473 g/mol. The highest BCUT2D eigenvalue weighted by atomic mass is 79.9. The van der Waals surface area contributed by atoms with Crippen LogP contribution in [-0.4, -0.2) is 40.4 Å². The molecular weight excluding hydrogens is 462 g/mol. The van der Waals surface area contributed by atoms with Crippen LogP contribution in [0.25, 0.3) is 5.69 Å². The van der Waals surface area contributed by atoms with Gasteiger partial charge in [-0.05, 0) is 66.4 Å². The van der Waals surface area contributed by atoms with Crippen LogP contribution in [0.3, 0.4) is 0 Å². The van der Waals surface area contributed by atoms with Crippen molar-refractivity contribution < 1.29 is 0 Å². The summed E-state index contributed by atoms with van der Waals surface area (Å²) in [6.45, 7) is 0.658. The van der Waals surface area contributed by atoms with Crippen molar-refractivity contribution in [3.63, 3.8) is 0 Å². The SMILES string of the molecule is N#Cc1ccc(-n2[nH]nnc2=S)cc1.S=c1nn[nH]n1Cc1cccc(Br)c1. The molecule has 2 heterocycles. The molecule has 0 fully saturated rings. The summed E-state index contributed by atoms with van der Waals surface area (Å²) < 4.78 is 5.13. The molecule has 28 heavy (non-hydrogen) atoms. The number of hydrogen-bond donors (Lipinski definition) is 2. The second-order valence-corrected chi connectivity index (χ2v) is 7.02. The summed E-state index contributed by atoms with van der Waals surface area (Å²) in [6.07, 6.45) is 0. The summed E-state index contributed by atoms with van der Waals surface area (Å²) in [5.41, 5.74) is 2.55. The van der Waals surface area contributed by atoms with Gasteiger partial charge in [0, 0.05) is 4.47 Å². The lowest BCUT2D eigenvalue weighted by Gasteiger charge is -2.01. The zero-order valence-corrected chi connectivity index (χ0v) is 17.4. The molecule has 0 aliphatic rings. The first kappa shape index (κ1) is 19.7. The van der Waals surface area contributed by atoms with Crippen LogP contribution in [0.1, 0.15) is 11.1 Å². The van der Waals surface area contributed by atoms with Crippen LogP contribution in [0.5, 0.6) is 0 Å². The number of nitrogens with one attached hydrogen (secondary N) is 2. The van der Waals surface area contributed by atoms with Crippen LogP contribution < -0.4 is 0 Å². The fourth-order valence-corrected chi connectivity index (χ4v) is 2.97. The predicted octanol–water partition coefficient (Wildman–Crippen LogP) is 3.34. The Morgan fingerprint density at radius 3 is 2.29 bits per heavy atom. The van der Waals surface area contributed by atoms with Gasteiger partial charge in [-0.3, -0.25) is 0 Å². The number of tetrazole rings is 2. The molecule has 0 atom stereocenters. The number of hydrogen-bond acceptors (Lipinski definition) is 7. The quantitative estimate of drug-likeness (QED) is 0.438. The molecule has 2 N–H and O–H groups in total. The number of rotatable bonds is 3. The maximum Gasteiger partial charge on any atom is 0.242 e. The van der Waals surface area contributed by atoms with E-state index in [0.717, 1.165) is 15.7 Å². The zero-order valence-electron chi connectivity index (χ0n) is 14.2. The Balaban J connectivity index is 0.000000161. The molecule has 0 aliphatic heterocycles. The van der Waals surface area contributed by atoms with Gasteiger partial charge in [0.1, 0.15) is 0 Å². The molecule has 0 unspecified atom stereocenters. The Morgan fingerprint density at radius 1 is 1.00 bits per heavy atom. The Morgan fingerprint density at radius 2 is 1.71 bits per heavy atom. The molecule has 2 aromatic heterocycles. The van der Waals surface area contributed by atoms with Gasteiger partial charge in [0.05, 0.1) is 23.9 Å². The van der Waals surface area contributed by atoms with Crippen molar-refractivity contribution in [3.8, 4) is 11.8 Å². The van der Waals surface area contributed by atoms with Gasteiger partial charge in [0.25, 0.3) is 0 Å². The first-order valence-electron chi connectivity index (χ1n) is 7.80. The van der Waals surface area contributed by atoms with Crippen LogP contribution in [0.15, 0.2) is 53.0 Å². The van der Waals surface area contributed by atoms with Gasteiger partial charge >= 0.3 is 0 Å². The lowest BCUT2D eigenvalue weighted by Crippen LogP contribution is -2.01. The third-order valence-electron chi connectivity index (χ3n) is 3.49. The molecule has 0 saturated carbocycles. The molecule has 2 aromatic carbocycles. The summed E-state index contributed by atoms with van der Waals surface area (Å²) in [7, 11) is 0. The second-order valence-electron chi connectivity index (χ2n) is 5.38.